The van der Waals surface area contributed by atoms with Crippen molar-refractivity contribution >= 4 is 0 Å². The van der Waals surface area contributed by atoms with Gasteiger partial charge in [0, 0.05) is 31.2 Å². The van der Waals surface area contributed by atoms with E-state index in [9.17, 15) is 0 Å². The predicted octanol–water partition coefficient (Wildman–Crippen LogP) is 2.90. The summed E-state index contributed by atoms with van der Waals surface area (Å²) in [6.07, 6.45) is 2.47. The van der Waals surface area contributed by atoms with Crippen LogP contribution in [0.1, 0.15) is 54.4 Å². The Kier molecular flexibility index (Phi) is 6.28. The van der Waals surface area contributed by atoms with E-state index in [1.54, 1.807) is 0 Å². The third kappa shape index (κ3) is 5.41. The van der Waals surface area contributed by atoms with Gasteiger partial charge in [-0.25, -0.2) is 0 Å². The Bertz CT molecular complexity index is 256. The molecular weight excluding hydrogens is 236 g/mol. The van der Waals surface area contributed by atoms with Crippen molar-refractivity contribution in [2.75, 3.05) is 32.8 Å². The molecule has 0 saturated carbocycles. The lowest BCUT2D eigenvalue weighted by molar-refractivity contribution is -0.0228. The van der Waals surface area contributed by atoms with Gasteiger partial charge in [0.05, 0.1) is 13.2 Å². The summed E-state index contributed by atoms with van der Waals surface area (Å²) in [5.41, 5.74) is 0.588. The number of morpholine rings is 1. The second-order valence-corrected chi connectivity index (χ2v) is 7.21. The van der Waals surface area contributed by atoms with E-state index in [2.05, 4.69) is 51.8 Å². The van der Waals surface area contributed by atoms with Crippen LogP contribution in [0.15, 0.2) is 0 Å². The van der Waals surface area contributed by atoms with Gasteiger partial charge in [-0.05, 0) is 46.0 Å². The van der Waals surface area contributed by atoms with Crippen LogP contribution in [0.2, 0.25) is 0 Å². The second-order valence-electron chi connectivity index (χ2n) is 7.21. The molecule has 0 aromatic heterocycles. The van der Waals surface area contributed by atoms with Crippen LogP contribution < -0.4 is 5.32 Å². The molecule has 1 unspecified atom stereocenters. The molecule has 1 aliphatic heterocycles. The standard InChI is InChI=1S/C16H34N2O/c1-7-16(8-2,12-17-15(4,5)6)13-18-9-10-19-11-14(18)3/h14,17H,7-13H2,1-6H3. The zero-order valence-electron chi connectivity index (χ0n) is 13.9. The Labute approximate surface area is 120 Å². The van der Waals surface area contributed by atoms with Crippen molar-refractivity contribution < 1.29 is 4.74 Å². The quantitative estimate of drug-likeness (QED) is 0.803. The minimum Gasteiger partial charge on any atom is -0.379 e. The maximum absolute atomic E-state index is 5.55. The van der Waals surface area contributed by atoms with Crippen LogP contribution in [0.4, 0.5) is 0 Å². The van der Waals surface area contributed by atoms with E-state index < -0.39 is 0 Å². The summed E-state index contributed by atoms with van der Waals surface area (Å²) in [7, 11) is 0. The van der Waals surface area contributed by atoms with Crippen molar-refractivity contribution in [3.05, 3.63) is 0 Å². The molecule has 0 aromatic rings. The third-order valence-electron chi connectivity index (χ3n) is 4.54. The average Bonchev–Trinajstić information content (AvgIpc) is 2.36. The summed E-state index contributed by atoms with van der Waals surface area (Å²) >= 11 is 0. The average molecular weight is 270 g/mol. The molecule has 0 bridgehead atoms. The topological polar surface area (TPSA) is 24.5 Å². The van der Waals surface area contributed by atoms with E-state index in [4.69, 9.17) is 4.74 Å². The van der Waals surface area contributed by atoms with Crippen LogP contribution in [0.25, 0.3) is 0 Å². The van der Waals surface area contributed by atoms with E-state index in [0.29, 0.717) is 11.5 Å². The van der Waals surface area contributed by atoms with Gasteiger partial charge in [-0.2, -0.15) is 0 Å². The Balaban J connectivity index is 2.64. The van der Waals surface area contributed by atoms with Crippen LogP contribution in [-0.2, 0) is 4.74 Å². The SMILES string of the molecule is CCC(CC)(CNC(C)(C)C)CN1CCOCC1C. The molecule has 1 fully saturated rings. The van der Waals surface area contributed by atoms with Crippen molar-refractivity contribution in [3.8, 4) is 0 Å². The molecule has 3 heteroatoms. The predicted molar refractivity (Wildman–Crippen MR) is 82.6 cm³/mol. The minimum atomic E-state index is 0.201. The molecule has 0 aliphatic carbocycles. The van der Waals surface area contributed by atoms with Gasteiger partial charge in [-0.3, -0.25) is 4.90 Å². The summed E-state index contributed by atoms with van der Waals surface area (Å²) < 4.78 is 5.55. The number of nitrogens with zero attached hydrogens (tertiary/aromatic N) is 1. The highest BCUT2D eigenvalue weighted by molar-refractivity contribution is 4.87. The van der Waals surface area contributed by atoms with Crippen molar-refractivity contribution in [2.24, 2.45) is 5.41 Å². The molecule has 0 amide bonds. The largest absolute Gasteiger partial charge is 0.379 e. The molecule has 0 aromatic carbocycles. The Hall–Kier alpha value is -0.120. The van der Waals surface area contributed by atoms with Crippen LogP contribution >= 0.6 is 0 Å². The van der Waals surface area contributed by atoms with Crippen molar-refractivity contribution in [1.29, 1.82) is 0 Å². The number of hydrogen-bond acceptors (Lipinski definition) is 3. The van der Waals surface area contributed by atoms with E-state index in [-0.39, 0.29) is 5.54 Å². The number of rotatable bonds is 6. The highest BCUT2D eigenvalue weighted by Gasteiger charge is 2.32. The van der Waals surface area contributed by atoms with Crippen molar-refractivity contribution in [3.63, 3.8) is 0 Å². The molecule has 19 heavy (non-hydrogen) atoms. The fourth-order valence-electron chi connectivity index (χ4n) is 2.66. The Morgan fingerprint density at radius 2 is 1.84 bits per heavy atom. The van der Waals surface area contributed by atoms with Crippen LogP contribution in [0, 0.1) is 5.41 Å². The first-order valence-electron chi connectivity index (χ1n) is 7.89. The van der Waals surface area contributed by atoms with E-state index in [1.807, 2.05) is 0 Å². The van der Waals surface area contributed by atoms with Gasteiger partial charge in [0.15, 0.2) is 0 Å². The minimum absolute atomic E-state index is 0.201. The number of ether oxygens (including phenoxy) is 1. The molecule has 1 aliphatic rings. The van der Waals surface area contributed by atoms with Crippen LogP contribution in [-0.4, -0.2) is 49.3 Å². The monoisotopic (exact) mass is 270 g/mol. The molecule has 114 valence electrons. The second kappa shape index (κ2) is 7.05. The summed E-state index contributed by atoms with van der Waals surface area (Å²) in [5, 5.41) is 3.71. The maximum atomic E-state index is 5.55. The van der Waals surface area contributed by atoms with E-state index in [0.717, 1.165) is 26.3 Å². The molecule has 0 spiro atoms. The summed E-state index contributed by atoms with van der Waals surface area (Å²) in [6.45, 7) is 18.8. The van der Waals surface area contributed by atoms with Crippen LogP contribution in [0.5, 0.6) is 0 Å². The van der Waals surface area contributed by atoms with Gasteiger partial charge < -0.3 is 10.1 Å². The van der Waals surface area contributed by atoms with Gasteiger partial charge in [0.2, 0.25) is 0 Å². The first-order valence-corrected chi connectivity index (χ1v) is 7.89. The first-order chi connectivity index (χ1) is 8.82. The zero-order valence-corrected chi connectivity index (χ0v) is 13.9. The fourth-order valence-corrected chi connectivity index (χ4v) is 2.66. The highest BCUT2D eigenvalue weighted by atomic mass is 16.5. The lowest BCUT2D eigenvalue weighted by Crippen LogP contribution is -2.53. The molecule has 1 saturated heterocycles. The van der Waals surface area contributed by atoms with Gasteiger partial charge in [0.1, 0.15) is 0 Å². The highest BCUT2D eigenvalue weighted by Crippen LogP contribution is 2.29. The third-order valence-corrected chi connectivity index (χ3v) is 4.54. The Morgan fingerprint density at radius 1 is 1.21 bits per heavy atom. The van der Waals surface area contributed by atoms with E-state index >= 15 is 0 Å². The fraction of sp³-hybridized carbons (Fsp3) is 1.00. The smallest absolute Gasteiger partial charge is 0.0619 e. The van der Waals surface area contributed by atoms with Crippen LogP contribution in [0.3, 0.4) is 0 Å². The molecule has 1 N–H and O–H groups in total. The molecule has 3 nitrogen and oxygen atoms in total. The van der Waals surface area contributed by atoms with Crippen molar-refractivity contribution in [1.82, 2.24) is 10.2 Å². The molecule has 1 atom stereocenters. The summed E-state index contributed by atoms with van der Waals surface area (Å²) in [6, 6.07) is 0.556. The lowest BCUT2D eigenvalue weighted by Gasteiger charge is -2.43. The number of nitrogens with one attached hydrogen (secondary N) is 1. The molecule has 1 rings (SSSR count). The maximum Gasteiger partial charge on any atom is 0.0619 e. The van der Waals surface area contributed by atoms with E-state index in [1.165, 1.54) is 19.4 Å². The molecular formula is C16H34N2O. The van der Waals surface area contributed by atoms with Gasteiger partial charge >= 0.3 is 0 Å². The van der Waals surface area contributed by atoms with Gasteiger partial charge in [0.25, 0.3) is 0 Å². The van der Waals surface area contributed by atoms with Crippen molar-refractivity contribution in [2.45, 2.75) is 66.0 Å². The Morgan fingerprint density at radius 3 is 2.32 bits per heavy atom. The lowest BCUT2D eigenvalue weighted by atomic mass is 9.80. The normalized spacial score (nSPS) is 22.7. The molecule has 1 heterocycles. The summed E-state index contributed by atoms with van der Waals surface area (Å²) in [4.78, 5) is 2.61. The zero-order chi connectivity index (χ0) is 14.5. The van der Waals surface area contributed by atoms with Gasteiger partial charge in [-0.15, -0.1) is 0 Å². The van der Waals surface area contributed by atoms with Gasteiger partial charge in [-0.1, -0.05) is 13.8 Å². The first kappa shape index (κ1) is 16.9. The molecule has 0 radical (unpaired) electrons. The summed E-state index contributed by atoms with van der Waals surface area (Å²) in [5.74, 6) is 0. The number of hydrogen-bond donors (Lipinski definition) is 1.